The van der Waals surface area contributed by atoms with Gasteiger partial charge in [-0.15, -0.1) is 0 Å². The van der Waals surface area contributed by atoms with Crippen LogP contribution in [0.25, 0.3) is 10.9 Å². The predicted octanol–water partition coefficient (Wildman–Crippen LogP) is 2.93. The molecule has 1 aromatic heterocycles. The van der Waals surface area contributed by atoms with Gasteiger partial charge in [0.15, 0.2) is 17.6 Å². The lowest BCUT2D eigenvalue weighted by molar-refractivity contribution is 0.0303. The Kier molecular flexibility index (Phi) is 5.21. The smallest absolute Gasteiger partial charge is 0.164 e. The van der Waals surface area contributed by atoms with Gasteiger partial charge in [0.25, 0.3) is 0 Å². The van der Waals surface area contributed by atoms with Gasteiger partial charge >= 0.3 is 0 Å². The van der Waals surface area contributed by atoms with E-state index in [4.69, 9.17) is 38.4 Å². The van der Waals surface area contributed by atoms with Crippen molar-refractivity contribution in [2.24, 2.45) is 0 Å². The van der Waals surface area contributed by atoms with Gasteiger partial charge in [-0.05, 0) is 23.8 Å². The molecule has 3 atom stereocenters. The Hall–Kier alpha value is -2.81. The number of halogens is 1. The van der Waals surface area contributed by atoms with Crippen molar-refractivity contribution in [1.82, 2.24) is 9.97 Å². The Morgan fingerprint density at radius 1 is 1.19 bits per heavy atom. The number of hydrogen-bond acceptors (Lipinski definition) is 7. The highest BCUT2D eigenvalue weighted by Crippen LogP contribution is 2.38. The molecule has 156 valence electrons. The molecule has 2 aliphatic heterocycles. The van der Waals surface area contributed by atoms with Crippen molar-refractivity contribution in [1.29, 1.82) is 0 Å². The normalized spacial score (nSPS) is 22.5. The minimum atomic E-state index is -0.257. The third-order valence-corrected chi connectivity index (χ3v) is 5.76. The fourth-order valence-corrected chi connectivity index (χ4v) is 4.02. The van der Waals surface area contributed by atoms with Crippen molar-refractivity contribution in [3.8, 4) is 11.5 Å². The number of anilines is 2. The summed E-state index contributed by atoms with van der Waals surface area (Å²) in [7, 11) is 7.39. The van der Waals surface area contributed by atoms with Crippen LogP contribution in [0.2, 0.25) is 5.02 Å². The Bertz CT molecular complexity index is 1170. The second-order valence-electron chi connectivity index (χ2n) is 7.45. The van der Waals surface area contributed by atoms with E-state index in [1.165, 1.54) is 6.33 Å². The van der Waals surface area contributed by atoms with E-state index in [-0.39, 0.29) is 18.3 Å². The van der Waals surface area contributed by atoms with Crippen LogP contribution in [0.1, 0.15) is 0 Å². The number of rotatable bonds is 5. The molecule has 0 aliphatic carbocycles. The molecular formula is C22H19BClN3O4. The Morgan fingerprint density at radius 3 is 2.87 bits per heavy atom. The first-order valence-electron chi connectivity index (χ1n) is 9.76. The van der Waals surface area contributed by atoms with Gasteiger partial charge in [0, 0.05) is 22.2 Å². The van der Waals surface area contributed by atoms with Gasteiger partial charge in [-0.3, -0.25) is 0 Å². The number of ether oxygens (including phenoxy) is 4. The fraction of sp³-hybridized carbons (Fsp3) is 0.273. The van der Waals surface area contributed by atoms with E-state index in [2.05, 4.69) is 21.9 Å². The number of benzene rings is 2. The van der Waals surface area contributed by atoms with Crippen LogP contribution >= 0.6 is 11.6 Å². The van der Waals surface area contributed by atoms with Crippen molar-refractivity contribution in [3.63, 3.8) is 0 Å². The molecule has 0 saturated carbocycles. The number of hydrogen-bond donors (Lipinski definition) is 1. The van der Waals surface area contributed by atoms with Gasteiger partial charge in [-0.2, -0.15) is 0 Å². The molecule has 2 aliphatic rings. The molecular weight excluding hydrogens is 417 g/mol. The first-order valence-corrected chi connectivity index (χ1v) is 10.1. The average molecular weight is 436 g/mol. The van der Waals surface area contributed by atoms with Crippen molar-refractivity contribution < 1.29 is 18.9 Å². The molecule has 31 heavy (non-hydrogen) atoms. The minimum absolute atomic E-state index is 0.124. The summed E-state index contributed by atoms with van der Waals surface area (Å²) < 4.78 is 23.4. The SMILES string of the molecule is [B]c1ccc(Nc2ncnc3cc(O[C@H]4CO[C@@H]5C(=C)CO[C@H]45)c(OC)cc23)cc1Cl. The zero-order valence-corrected chi connectivity index (χ0v) is 17.6. The van der Waals surface area contributed by atoms with Crippen LogP contribution in [0, 0.1) is 0 Å². The third-order valence-electron chi connectivity index (χ3n) is 5.43. The van der Waals surface area contributed by atoms with Crippen LogP contribution in [-0.4, -0.2) is 56.4 Å². The van der Waals surface area contributed by atoms with Gasteiger partial charge in [-0.1, -0.05) is 29.7 Å². The maximum absolute atomic E-state index is 6.23. The molecule has 2 radical (unpaired) electrons. The number of nitrogens with one attached hydrogen (secondary N) is 1. The van der Waals surface area contributed by atoms with E-state index < -0.39 is 0 Å². The summed E-state index contributed by atoms with van der Waals surface area (Å²) in [6.07, 6.45) is 0.928. The van der Waals surface area contributed by atoms with Gasteiger partial charge < -0.3 is 24.3 Å². The standard InChI is InChI=1S/C22H19BClN3O4/c1-11-8-29-21-19(9-30-20(11)21)31-18-7-16-13(6-17(18)28-2)22(26-10-25-16)27-12-3-4-14(23)15(24)5-12/h3-7,10,19-21H,1,8-9H2,2H3,(H,25,26,27)/t19-,20+,21+/m0/s1. The molecule has 0 spiro atoms. The second kappa shape index (κ2) is 8.03. The third kappa shape index (κ3) is 3.71. The Labute approximate surface area is 185 Å². The second-order valence-corrected chi connectivity index (χ2v) is 7.86. The van der Waals surface area contributed by atoms with Crippen molar-refractivity contribution in [3.05, 3.63) is 53.8 Å². The van der Waals surface area contributed by atoms with E-state index in [1.54, 1.807) is 19.2 Å². The van der Waals surface area contributed by atoms with E-state index in [0.29, 0.717) is 46.5 Å². The maximum atomic E-state index is 6.23. The quantitative estimate of drug-likeness (QED) is 0.488. The molecule has 2 saturated heterocycles. The molecule has 3 aromatic rings. The average Bonchev–Trinajstić information content (AvgIpc) is 3.34. The highest BCUT2D eigenvalue weighted by atomic mass is 35.5. The Morgan fingerprint density at radius 2 is 2.06 bits per heavy atom. The summed E-state index contributed by atoms with van der Waals surface area (Å²) in [5, 5.41) is 4.49. The molecule has 9 heteroatoms. The zero-order chi connectivity index (χ0) is 21.5. The molecule has 2 aromatic carbocycles. The number of fused-ring (bicyclic) bond motifs is 2. The summed E-state index contributed by atoms with van der Waals surface area (Å²) in [6, 6.07) is 8.97. The topological polar surface area (TPSA) is 74.7 Å². The van der Waals surface area contributed by atoms with Crippen LogP contribution < -0.4 is 20.3 Å². The Balaban J connectivity index is 1.46. The van der Waals surface area contributed by atoms with E-state index >= 15 is 0 Å². The lowest BCUT2D eigenvalue weighted by atomic mass is 9.96. The monoisotopic (exact) mass is 435 g/mol. The first-order chi connectivity index (χ1) is 15.0. The molecule has 2 fully saturated rings. The molecule has 3 heterocycles. The molecule has 1 N–H and O–H groups in total. The minimum Gasteiger partial charge on any atom is -0.493 e. The first kappa shape index (κ1) is 20.1. The molecule has 0 unspecified atom stereocenters. The number of methoxy groups -OCH3 is 1. The summed E-state index contributed by atoms with van der Waals surface area (Å²) >= 11 is 6.13. The lowest BCUT2D eigenvalue weighted by Crippen LogP contribution is -2.32. The summed E-state index contributed by atoms with van der Waals surface area (Å²) in [5.41, 5.74) is 2.90. The largest absolute Gasteiger partial charge is 0.493 e. The van der Waals surface area contributed by atoms with Crippen LogP contribution in [0.5, 0.6) is 11.5 Å². The van der Waals surface area contributed by atoms with Crippen molar-refractivity contribution in [2.75, 3.05) is 25.6 Å². The number of aromatic nitrogens is 2. The van der Waals surface area contributed by atoms with Crippen molar-refractivity contribution >= 4 is 47.3 Å². The van der Waals surface area contributed by atoms with Crippen LogP contribution in [0.15, 0.2) is 48.8 Å². The zero-order valence-electron chi connectivity index (χ0n) is 16.8. The molecule has 0 bridgehead atoms. The van der Waals surface area contributed by atoms with E-state index in [0.717, 1.165) is 16.6 Å². The molecule has 7 nitrogen and oxygen atoms in total. The summed E-state index contributed by atoms with van der Waals surface area (Å²) in [5.74, 6) is 1.72. The van der Waals surface area contributed by atoms with Crippen LogP contribution in [0.3, 0.4) is 0 Å². The van der Waals surface area contributed by atoms with Gasteiger partial charge in [0.2, 0.25) is 0 Å². The van der Waals surface area contributed by atoms with Gasteiger partial charge in [0.05, 0.1) is 25.8 Å². The summed E-state index contributed by atoms with van der Waals surface area (Å²) in [4.78, 5) is 8.77. The van der Waals surface area contributed by atoms with Gasteiger partial charge in [-0.25, -0.2) is 9.97 Å². The molecule has 5 rings (SSSR count). The van der Waals surface area contributed by atoms with Crippen LogP contribution in [-0.2, 0) is 9.47 Å². The summed E-state index contributed by atoms with van der Waals surface area (Å²) in [6.45, 7) is 4.91. The fourth-order valence-electron chi connectivity index (χ4n) is 3.83. The molecule has 0 amide bonds. The van der Waals surface area contributed by atoms with Crippen LogP contribution in [0.4, 0.5) is 11.5 Å². The maximum Gasteiger partial charge on any atom is 0.164 e. The highest BCUT2D eigenvalue weighted by molar-refractivity contribution is 6.45. The lowest BCUT2D eigenvalue weighted by Gasteiger charge is -2.20. The van der Waals surface area contributed by atoms with E-state index in [9.17, 15) is 0 Å². The number of nitrogens with zero attached hydrogens (tertiary/aromatic N) is 2. The van der Waals surface area contributed by atoms with Gasteiger partial charge in [0.1, 0.15) is 32.2 Å². The predicted molar refractivity (Wildman–Crippen MR) is 119 cm³/mol. The van der Waals surface area contributed by atoms with Crippen molar-refractivity contribution in [2.45, 2.75) is 18.3 Å². The van der Waals surface area contributed by atoms with E-state index in [1.807, 2.05) is 18.2 Å². The highest BCUT2D eigenvalue weighted by Gasteiger charge is 2.45.